The molecule has 90 valence electrons. The molecule has 1 aromatic carbocycles. The molecule has 18 heavy (non-hydrogen) atoms. The Morgan fingerprint density at radius 3 is 3.00 bits per heavy atom. The van der Waals surface area contributed by atoms with Crippen LogP contribution >= 0.6 is 22.6 Å². The first kappa shape index (κ1) is 12.8. The molecule has 1 heterocycles. The Kier molecular flexibility index (Phi) is 4.10. The molecule has 0 aliphatic heterocycles. The van der Waals surface area contributed by atoms with E-state index in [9.17, 15) is 0 Å². The number of nitriles is 1. The molecule has 4 nitrogen and oxygen atoms in total. The van der Waals surface area contributed by atoms with E-state index in [1.54, 1.807) is 18.6 Å². The van der Waals surface area contributed by atoms with Crippen molar-refractivity contribution in [1.82, 2.24) is 9.97 Å². The van der Waals surface area contributed by atoms with Gasteiger partial charge in [-0.15, -0.1) is 0 Å². The number of hydrogen-bond acceptors (Lipinski definition) is 4. The van der Waals surface area contributed by atoms with Gasteiger partial charge in [-0.05, 0) is 40.3 Å². The van der Waals surface area contributed by atoms with Gasteiger partial charge in [0.25, 0.3) is 0 Å². The lowest BCUT2D eigenvalue weighted by Crippen LogP contribution is -2.19. The number of aromatic nitrogens is 2. The van der Waals surface area contributed by atoms with E-state index in [-0.39, 0.29) is 0 Å². The summed E-state index contributed by atoms with van der Waals surface area (Å²) in [4.78, 5) is 10.3. The van der Waals surface area contributed by atoms with Crippen LogP contribution in [0.15, 0.2) is 36.8 Å². The molecule has 0 N–H and O–H groups in total. The van der Waals surface area contributed by atoms with Crippen LogP contribution in [0.3, 0.4) is 0 Å². The van der Waals surface area contributed by atoms with Crippen molar-refractivity contribution >= 4 is 28.4 Å². The molecule has 1 aromatic heterocycles. The zero-order valence-corrected chi connectivity index (χ0v) is 12.0. The number of halogens is 1. The van der Waals surface area contributed by atoms with Crippen LogP contribution in [0.5, 0.6) is 0 Å². The minimum absolute atomic E-state index is 0.679. The molecule has 0 bridgehead atoms. The smallest absolute Gasteiger partial charge is 0.145 e. The Labute approximate surface area is 119 Å². The molecular weight excluding hydrogens is 339 g/mol. The van der Waals surface area contributed by atoms with E-state index in [1.165, 1.54) is 0 Å². The van der Waals surface area contributed by atoms with Gasteiger partial charge in [-0.3, -0.25) is 0 Å². The molecule has 0 aliphatic carbocycles. The van der Waals surface area contributed by atoms with Crippen LogP contribution in [-0.2, 0) is 6.54 Å². The first-order valence-electron chi connectivity index (χ1n) is 5.36. The van der Waals surface area contributed by atoms with E-state index in [1.807, 2.05) is 30.1 Å². The molecule has 2 rings (SSSR count). The summed E-state index contributed by atoms with van der Waals surface area (Å²) in [5, 5.41) is 8.87. The van der Waals surface area contributed by atoms with Crippen LogP contribution in [0, 0.1) is 14.9 Å². The van der Waals surface area contributed by atoms with Crippen LogP contribution in [0.4, 0.5) is 5.82 Å². The number of hydrogen-bond donors (Lipinski definition) is 0. The van der Waals surface area contributed by atoms with E-state index in [0.717, 1.165) is 15.0 Å². The highest BCUT2D eigenvalue weighted by Crippen LogP contribution is 2.18. The number of nitrogens with zero attached hydrogens (tertiary/aromatic N) is 4. The monoisotopic (exact) mass is 350 g/mol. The summed E-state index contributed by atoms with van der Waals surface area (Å²) < 4.78 is 1.01. The highest BCUT2D eigenvalue weighted by molar-refractivity contribution is 14.1. The Hall–Kier alpha value is -1.68. The van der Waals surface area contributed by atoms with Gasteiger partial charge in [0.2, 0.25) is 0 Å². The minimum Gasteiger partial charge on any atom is -0.354 e. The van der Waals surface area contributed by atoms with Crippen LogP contribution < -0.4 is 4.90 Å². The predicted octanol–water partition coefficient (Wildman–Crippen LogP) is 2.59. The van der Waals surface area contributed by atoms with Crippen molar-refractivity contribution in [2.24, 2.45) is 0 Å². The van der Waals surface area contributed by atoms with Gasteiger partial charge in [0.1, 0.15) is 12.1 Å². The topological polar surface area (TPSA) is 52.8 Å². The summed E-state index contributed by atoms with van der Waals surface area (Å²) in [6.45, 7) is 0.711. The minimum atomic E-state index is 0.679. The summed E-state index contributed by atoms with van der Waals surface area (Å²) in [5.41, 5.74) is 1.77. The maximum absolute atomic E-state index is 8.87. The zero-order chi connectivity index (χ0) is 13.0. The van der Waals surface area contributed by atoms with Gasteiger partial charge in [0, 0.05) is 19.8 Å². The molecule has 0 radical (unpaired) electrons. The van der Waals surface area contributed by atoms with Gasteiger partial charge in [-0.2, -0.15) is 5.26 Å². The zero-order valence-electron chi connectivity index (χ0n) is 9.84. The fraction of sp³-hybridized carbons (Fsp3) is 0.154. The average molecular weight is 350 g/mol. The van der Waals surface area contributed by atoms with Crippen molar-refractivity contribution in [2.45, 2.75) is 6.54 Å². The lowest BCUT2D eigenvalue weighted by Gasteiger charge is -2.19. The third-order valence-corrected chi connectivity index (χ3v) is 3.25. The molecular formula is C13H11IN4. The molecule has 2 aromatic rings. The SMILES string of the molecule is CN(Cc1cccc(C#N)c1)c1ncncc1I. The van der Waals surface area contributed by atoms with E-state index < -0.39 is 0 Å². The van der Waals surface area contributed by atoms with Crippen LogP contribution in [-0.4, -0.2) is 17.0 Å². The van der Waals surface area contributed by atoms with Gasteiger partial charge < -0.3 is 4.90 Å². The maximum Gasteiger partial charge on any atom is 0.145 e. The summed E-state index contributed by atoms with van der Waals surface area (Å²) in [6.07, 6.45) is 3.32. The third kappa shape index (κ3) is 2.96. The largest absolute Gasteiger partial charge is 0.354 e. The Balaban J connectivity index is 2.19. The lowest BCUT2D eigenvalue weighted by atomic mass is 10.1. The van der Waals surface area contributed by atoms with E-state index in [0.29, 0.717) is 12.1 Å². The average Bonchev–Trinajstić information content (AvgIpc) is 2.39. The van der Waals surface area contributed by atoms with Crippen molar-refractivity contribution < 1.29 is 0 Å². The second-order valence-electron chi connectivity index (χ2n) is 3.86. The number of rotatable bonds is 3. The fourth-order valence-corrected chi connectivity index (χ4v) is 2.39. The highest BCUT2D eigenvalue weighted by Gasteiger charge is 2.07. The van der Waals surface area contributed by atoms with Crippen LogP contribution in [0.25, 0.3) is 0 Å². The fourth-order valence-electron chi connectivity index (χ4n) is 1.68. The van der Waals surface area contributed by atoms with Gasteiger partial charge in [0.15, 0.2) is 0 Å². The molecule has 0 fully saturated rings. The summed E-state index contributed by atoms with van der Waals surface area (Å²) in [7, 11) is 1.98. The second-order valence-corrected chi connectivity index (χ2v) is 5.02. The maximum atomic E-state index is 8.87. The van der Waals surface area contributed by atoms with Crippen molar-refractivity contribution in [2.75, 3.05) is 11.9 Å². The molecule has 0 saturated carbocycles. The quantitative estimate of drug-likeness (QED) is 0.799. The molecule has 0 saturated heterocycles. The molecule has 5 heteroatoms. The Bertz CT molecular complexity index is 592. The molecule has 0 amide bonds. The lowest BCUT2D eigenvalue weighted by molar-refractivity contribution is 0.885. The van der Waals surface area contributed by atoms with E-state index in [2.05, 4.69) is 38.6 Å². The van der Waals surface area contributed by atoms with E-state index >= 15 is 0 Å². The molecule has 0 unspecified atom stereocenters. The predicted molar refractivity (Wildman–Crippen MR) is 78.0 cm³/mol. The summed E-state index contributed by atoms with van der Waals surface area (Å²) >= 11 is 2.21. The van der Waals surface area contributed by atoms with Gasteiger partial charge in [-0.25, -0.2) is 9.97 Å². The van der Waals surface area contributed by atoms with Crippen LogP contribution in [0.2, 0.25) is 0 Å². The van der Waals surface area contributed by atoms with Gasteiger partial charge in [-0.1, -0.05) is 12.1 Å². The Morgan fingerprint density at radius 1 is 1.44 bits per heavy atom. The highest BCUT2D eigenvalue weighted by atomic mass is 127. The Morgan fingerprint density at radius 2 is 2.28 bits per heavy atom. The third-order valence-electron chi connectivity index (χ3n) is 2.49. The van der Waals surface area contributed by atoms with Gasteiger partial charge in [0.05, 0.1) is 15.2 Å². The molecule has 0 atom stereocenters. The van der Waals surface area contributed by atoms with Crippen molar-refractivity contribution in [3.05, 3.63) is 51.5 Å². The molecule has 0 aliphatic rings. The van der Waals surface area contributed by atoms with Crippen LogP contribution in [0.1, 0.15) is 11.1 Å². The first-order valence-corrected chi connectivity index (χ1v) is 6.44. The summed E-state index contributed by atoms with van der Waals surface area (Å²) in [5.74, 6) is 0.896. The summed E-state index contributed by atoms with van der Waals surface area (Å²) in [6, 6.07) is 9.74. The number of benzene rings is 1. The van der Waals surface area contributed by atoms with Gasteiger partial charge >= 0.3 is 0 Å². The molecule has 0 spiro atoms. The van der Waals surface area contributed by atoms with Crippen molar-refractivity contribution in [3.8, 4) is 6.07 Å². The number of anilines is 1. The van der Waals surface area contributed by atoms with Crippen molar-refractivity contribution in [1.29, 1.82) is 5.26 Å². The standard InChI is InChI=1S/C13H11IN4/c1-18(13-12(14)7-16-9-17-13)8-11-4-2-3-10(5-11)6-15/h2-5,7,9H,8H2,1H3. The second kappa shape index (κ2) is 5.78. The van der Waals surface area contributed by atoms with E-state index in [4.69, 9.17) is 5.26 Å². The van der Waals surface area contributed by atoms with Crippen molar-refractivity contribution in [3.63, 3.8) is 0 Å². The normalized spacial score (nSPS) is 9.83. The first-order chi connectivity index (χ1) is 8.70.